The van der Waals surface area contributed by atoms with Gasteiger partial charge in [-0.2, -0.15) is 0 Å². The molecule has 1 aliphatic carbocycles. The third-order valence-electron chi connectivity index (χ3n) is 4.44. The lowest BCUT2D eigenvalue weighted by molar-refractivity contribution is -0.0351. The summed E-state index contributed by atoms with van der Waals surface area (Å²) in [7, 11) is 2.17. The van der Waals surface area contributed by atoms with Gasteiger partial charge in [0.15, 0.2) is 0 Å². The van der Waals surface area contributed by atoms with Crippen LogP contribution in [0.5, 0.6) is 0 Å². The molecule has 1 atom stereocenters. The predicted molar refractivity (Wildman–Crippen MR) is 71.3 cm³/mol. The summed E-state index contributed by atoms with van der Waals surface area (Å²) in [5, 5.41) is 3.53. The summed E-state index contributed by atoms with van der Waals surface area (Å²) < 4.78 is 6.27. The number of nitrogens with zero attached hydrogens (tertiary/aromatic N) is 1. The summed E-state index contributed by atoms with van der Waals surface area (Å²) in [6, 6.07) is 0. The van der Waals surface area contributed by atoms with E-state index in [1.807, 2.05) is 0 Å². The monoisotopic (exact) mass is 240 g/mol. The Kier molecular flexibility index (Phi) is 4.83. The van der Waals surface area contributed by atoms with E-state index >= 15 is 0 Å². The molecule has 1 N–H and O–H groups in total. The number of rotatable bonds is 6. The molecule has 100 valence electrons. The Bertz CT molecular complexity index is 226. The molecule has 0 radical (unpaired) electrons. The summed E-state index contributed by atoms with van der Waals surface area (Å²) >= 11 is 0. The molecule has 1 heterocycles. The van der Waals surface area contributed by atoms with Gasteiger partial charge in [-0.3, -0.25) is 0 Å². The normalized spacial score (nSPS) is 27.4. The molecule has 2 aliphatic rings. The van der Waals surface area contributed by atoms with Crippen molar-refractivity contribution in [3.63, 3.8) is 0 Å². The third-order valence-corrected chi connectivity index (χ3v) is 4.44. The maximum atomic E-state index is 6.27. The van der Waals surface area contributed by atoms with E-state index in [1.165, 1.54) is 38.5 Å². The molecule has 0 aromatic rings. The maximum absolute atomic E-state index is 6.27. The van der Waals surface area contributed by atoms with Gasteiger partial charge >= 0.3 is 0 Å². The fourth-order valence-corrected chi connectivity index (χ4v) is 3.12. The smallest absolute Gasteiger partial charge is 0.0708 e. The quantitative estimate of drug-likeness (QED) is 0.719. The average molecular weight is 240 g/mol. The minimum atomic E-state index is 0.298. The molecule has 17 heavy (non-hydrogen) atoms. The minimum Gasteiger partial charge on any atom is -0.370 e. The van der Waals surface area contributed by atoms with Crippen molar-refractivity contribution in [2.75, 3.05) is 33.2 Å². The Morgan fingerprint density at radius 3 is 2.76 bits per heavy atom. The van der Waals surface area contributed by atoms with E-state index in [2.05, 4.69) is 24.2 Å². The Hall–Kier alpha value is -0.120. The van der Waals surface area contributed by atoms with Crippen LogP contribution in [0.2, 0.25) is 0 Å². The standard InChI is InChI=1S/C14H28N2O/c1-3-16(2)11-10-15-12-13-6-9-14(17-13)7-4-5-8-14/h13,15H,3-12H2,1-2H3. The SMILES string of the molecule is CCN(C)CCNCC1CCC2(CCCC2)O1. The Labute approximate surface area is 106 Å². The number of likely N-dealkylation sites (N-methyl/N-ethyl adjacent to an activating group) is 1. The maximum Gasteiger partial charge on any atom is 0.0708 e. The van der Waals surface area contributed by atoms with Gasteiger partial charge in [-0.1, -0.05) is 19.8 Å². The molecular weight excluding hydrogens is 212 g/mol. The average Bonchev–Trinajstić information content (AvgIpc) is 2.96. The zero-order valence-corrected chi connectivity index (χ0v) is 11.5. The first-order valence-electron chi connectivity index (χ1n) is 7.31. The first kappa shape index (κ1) is 13.3. The molecule has 3 nitrogen and oxygen atoms in total. The first-order valence-corrected chi connectivity index (χ1v) is 7.31. The van der Waals surface area contributed by atoms with Crippen LogP contribution in [-0.4, -0.2) is 49.8 Å². The lowest BCUT2D eigenvalue weighted by Crippen LogP contribution is -2.35. The molecule has 0 aromatic heterocycles. The van der Waals surface area contributed by atoms with Crippen molar-refractivity contribution in [2.45, 2.75) is 57.2 Å². The van der Waals surface area contributed by atoms with Gasteiger partial charge in [0, 0.05) is 19.6 Å². The molecule has 0 aromatic carbocycles. The van der Waals surface area contributed by atoms with Gasteiger partial charge in [0.1, 0.15) is 0 Å². The Morgan fingerprint density at radius 2 is 2.06 bits per heavy atom. The molecule has 0 bridgehead atoms. The number of hydrogen-bond acceptors (Lipinski definition) is 3. The summed E-state index contributed by atoms with van der Waals surface area (Å²) in [4.78, 5) is 2.33. The van der Waals surface area contributed by atoms with E-state index in [4.69, 9.17) is 4.74 Å². The summed E-state index contributed by atoms with van der Waals surface area (Å²) in [5.74, 6) is 0. The second-order valence-corrected chi connectivity index (χ2v) is 5.77. The van der Waals surface area contributed by atoms with Gasteiger partial charge < -0.3 is 15.0 Å². The van der Waals surface area contributed by atoms with Crippen LogP contribution < -0.4 is 5.32 Å². The van der Waals surface area contributed by atoms with E-state index in [0.717, 1.165) is 26.2 Å². The van der Waals surface area contributed by atoms with Crippen LogP contribution in [0.4, 0.5) is 0 Å². The molecule has 0 amide bonds. The number of nitrogens with one attached hydrogen (secondary N) is 1. The van der Waals surface area contributed by atoms with Gasteiger partial charge in [0.2, 0.25) is 0 Å². The molecular formula is C14H28N2O. The van der Waals surface area contributed by atoms with E-state index in [0.29, 0.717) is 11.7 Å². The van der Waals surface area contributed by atoms with E-state index in [1.54, 1.807) is 0 Å². The summed E-state index contributed by atoms with van der Waals surface area (Å²) in [5.41, 5.74) is 0.298. The van der Waals surface area contributed by atoms with Crippen LogP contribution in [0, 0.1) is 0 Å². The van der Waals surface area contributed by atoms with Crippen LogP contribution in [0.1, 0.15) is 45.4 Å². The minimum absolute atomic E-state index is 0.298. The van der Waals surface area contributed by atoms with Gasteiger partial charge in [-0.05, 0) is 39.3 Å². The molecule has 1 spiro atoms. The summed E-state index contributed by atoms with van der Waals surface area (Å²) in [6.45, 7) is 6.58. The van der Waals surface area contributed by atoms with E-state index < -0.39 is 0 Å². The highest BCUT2D eigenvalue weighted by molar-refractivity contribution is 4.93. The van der Waals surface area contributed by atoms with Gasteiger partial charge in [0.05, 0.1) is 11.7 Å². The molecule has 1 aliphatic heterocycles. The van der Waals surface area contributed by atoms with E-state index in [-0.39, 0.29) is 0 Å². The fourth-order valence-electron chi connectivity index (χ4n) is 3.12. The van der Waals surface area contributed by atoms with Crippen molar-refractivity contribution in [1.29, 1.82) is 0 Å². The zero-order chi connectivity index (χ0) is 12.1. The van der Waals surface area contributed by atoms with Crippen molar-refractivity contribution in [3.8, 4) is 0 Å². The molecule has 2 rings (SSSR count). The van der Waals surface area contributed by atoms with Gasteiger partial charge in [-0.25, -0.2) is 0 Å². The van der Waals surface area contributed by atoms with Crippen LogP contribution in [0.3, 0.4) is 0 Å². The predicted octanol–water partition coefficient (Wildman–Crippen LogP) is 2.02. The Balaban J connectivity index is 1.58. The van der Waals surface area contributed by atoms with Crippen molar-refractivity contribution in [2.24, 2.45) is 0 Å². The van der Waals surface area contributed by atoms with Crippen molar-refractivity contribution >= 4 is 0 Å². The zero-order valence-electron chi connectivity index (χ0n) is 11.5. The van der Waals surface area contributed by atoms with Gasteiger partial charge in [0.25, 0.3) is 0 Å². The topological polar surface area (TPSA) is 24.5 Å². The lowest BCUT2D eigenvalue weighted by Gasteiger charge is -2.24. The van der Waals surface area contributed by atoms with Crippen LogP contribution in [0.15, 0.2) is 0 Å². The first-order chi connectivity index (χ1) is 8.24. The lowest BCUT2D eigenvalue weighted by atomic mass is 9.98. The third kappa shape index (κ3) is 3.67. The molecule has 2 fully saturated rings. The van der Waals surface area contributed by atoms with Gasteiger partial charge in [-0.15, -0.1) is 0 Å². The second kappa shape index (κ2) is 6.17. The summed E-state index contributed by atoms with van der Waals surface area (Å²) in [6.07, 6.45) is 8.40. The van der Waals surface area contributed by atoms with Crippen LogP contribution in [-0.2, 0) is 4.74 Å². The molecule has 1 saturated heterocycles. The van der Waals surface area contributed by atoms with Crippen LogP contribution in [0.25, 0.3) is 0 Å². The molecule has 1 unspecified atom stereocenters. The second-order valence-electron chi connectivity index (χ2n) is 5.77. The van der Waals surface area contributed by atoms with Crippen LogP contribution >= 0.6 is 0 Å². The van der Waals surface area contributed by atoms with Crippen molar-refractivity contribution < 1.29 is 4.74 Å². The highest BCUT2D eigenvalue weighted by Crippen LogP contribution is 2.42. The molecule has 3 heteroatoms. The fraction of sp³-hybridized carbons (Fsp3) is 1.00. The number of hydrogen-bond donors (Lipinski definition) is 1. The highest BCUT2D eigenvalue weighted by atomic mass is 16.5. The largest absolute Gasteiger partial charge is 0.370 e. The van der Waals surface area contributed by atoms with E-state index in [9.17, 15) is 0 Å². The number of ether oxygens (including phenoxy) is 1. The highest BCUT2D eigenvalue weighted by Gasteiger charge is 2.41. The Morgan fingerprint density at radius 1 is 1.29 bits per heavy atom. The van der Waals surface area contributed by atoms with Crippen molar-refractivity contribution in [1.82, 2.24) is 10.2 Å². The van der Waals surface area contributed by atoms with Crippen molar-refractivity contribution in [3.05, 3.63) is 0 Å². The molecule has 1 saturated carbocycles.